The van der Waals surface area contributed by atoms with E-state index in [4.69, 9.17) is 0 Å². The average molecular weight is 330 g/mol. The normalized spacial score (nSPS) is 18.1. The molecule has 0 radical (unpaired) electrons. The second-order valence-corrected chi connectivity index (χ2v) is 7.26. The van der Waals surface area contributed by atoms with Gasteiger partial charge in [-0.2, -0.15) is 0 Å². The summed E-state index contributed by atoms with van der Waals surface area (Å²) in [6, 6.07) is 12.2. The summed E-state index contributed by atoms with van der Waals surface area (Å²) >= 11 is 0. The van der Waals surface area contributed by atoms with Crippen LogP contribution in [0.25, 0.3) is 0 Å². The number of nitrogens with one attached hydrogen (secondary N) is 1. The summed E-state index contributed by atoms with van der Waals surface area (Å²) in [7, 11) is -3.72. The summed E-state index contributed by atoms with van der Waals surface area (Å²) < 4.78 is 27.1. The van der Waals surface area contributed by atoms with Gasteiger partial charge in [0.2, 0.25) is 0 Å². The molecular formula is C17H16NO4S-. The van der Waals surface area contributed by atoms with E-state index in [-0.39, 0.29) is 16.4 Å². The minimum absolute atomic E-state index is 0.0465. The zero-order valence-corrected chi connectivity index (χ0v) is 13.2. The molecule has 1 unspecified atom stereocenters. The summed E-state index contributed by atoms with van der Waals surface area (Å²) in [4.78, 5) is 12.0. The quantitative estimate of drug-likeness (QED) is 0.932. The molecule has 1 aliphatic carbocycles. The van der Waals surface area contributed by atoms with Crippen molar-refractivity contribution in [3.8, 4) is 5.75 Å². The monoisotopic (exact) mass is 330 g/mol. The topological polar surface area (TPSA) is 86.3 Å². The molecule has 0 bridgehead atoms. The van der Waals surface area contributed by atoms with E-state index in [1.807, 2.05) is 0 Å². The Balaban J connectivity index is 1.91. The summed E-state index contributed by atoms with van der Waals surface area (Å²) in [5, 5.41) is 12.0. The summed E-state index contributed by atoms with van der Waals surface area (Å²) in [6.07, 6.45) is 1.88. The number of hydrogen-bond donors (Lipinski definition) is 1. The highest BCUT2D eigenvalue weighted by molar-refractivity contribution is 7.92. The molecule has 5 nitrogen and oxygen atoms in total. The molecule has 0 amide bonds. The van der Waals surface area contributed by atoms with Gasteiger partial charge in [-0.25, -0.2) is 8.42 Å². The van der Waals surface area contributed by atoms with E-state index >= 15 is 0 Å². The molecule has 120 valence electrons. The fraction of sp³-hybridized carbons (Fsp3) is 0.235. The van der Waals surface area contributed by atoms with Crippen LogP contribution >= 0.6 is 0 Å². The highest BCUT2D eigenvalue weighted by Crippen LogP contribution is 2.36. The molecular weight excluding hydrogens is 314 g/mol. The van der Waals surface area contributed by atoms with Crippen LogP contribution in [0.3, 0.4) is 0 Å². The van der Waals surface area contributed by atoms with E-state index in [2.05, 4.69) is 4.72 Å². The summed E-state index contributed by atoms with van der Waals surface area (Å²) in [6.45, 7) is 0. The minimum Gasteiger partial charge on any atom is -0.872 e. The molecule has 1 atom stereocenters. The number of hydrogen-bond acceptors (Lipinski definition) is 4. The predicted octanol–water partition coefficient (Wildman–Crippen LogP) is 2.40. The Morgan fingerprint density at radius 2 is 1.83 bits per heavy atom. The van der Waals surface area contributed by atoms with Crippen molar-refractivity contribution in [1.82, 2.24) is 0 Å². The van der Waals surface area contributed by atoms with E-state index in [0.717, 1.165) is 6.42 Å². The highest BCUT2D eigenvalue weighted by Gasteiger charge is 2.26. The van der Waals surface area contributed by atoms with Gasteiger partial charge in [-0.05, 0) is 42.7 Å². The number of rotatable bonds is 4. The fourth-order valence-electron chi connectivity index (χ4n) is 2.84. The van der Waals surface area contributed by atoms with Crippen molar-refractivity contribution in [2.75, 3.05) is 4.72 Å². The number of benzene rings is 2. The van der Waals surface area contributed by atoms with Crippen molar-refractivity contribution in [1.29, 1.82) is 0 Å². The van der Waals surface area contributed by atoms with E-state index in [1.165, 1.54) is 30.3 Å². The molecule has 0 spiro atoms. The van der Waals surface area contributed by atoms with Crippen molar-refractivity contribution >= 4 is 21.5 Å². The molecule has 0 aliphatic heterocycles. The zero-order valence-electron chi connectivity index (χ0n) is 12.4. The highest BCUT2D eigenvalue weighted by atomic mass is 32.2. The van der Waals surface area contributed by atoms with Crippen LogP contribution in [0.15, 0.2) is 53.4 Å². The molecule has 1 fully saturated rings. The average Bonchev–Trinajstić information content (AvgIpc) is 2.96. The standard InChI is InChI=1S/C17H17NO4S/c19-16-8-4-7-14(16)15-11-12(9-10-17(15)20)18-23(21,22)13-5-2-1-3-6-13/h1-3,5-6,9-11,14,18,20H,4,7-8H2/p-1. The molecule has 1 saturated carbocycles. The van der Waals surface area contributed by atoms with Crippen LogP contribution in [-0.4, -0.2) is 14.2 Å². The Bertz CT molecular complexity index is 831. The number of carbonyl (C=O) groups is 1. The molecule has 2 aromatic carbocycles. The van der Waals surface area contributed by atoms with Crippen molar-refractivity contribution in [2.24, 2.45) is 0 Å². The van der Waals surface area contributed by atoms with Crippen LogP contribution in [0.5, 0.6) is 5.75 Å². The molecule has 0 aromatic heterocycles. The van der Waals surface area contributed by atoms with Gasteiger partial charge in [-0.15, -0.1) is 5.75 Å². The molecule has 0 heterocycles. The Hall–Kier alpha value is -2.34. The van der Waals surface area contributed by atoms with E-state index in [9.17, 15) is 18.3 Å². The Labute approximate surface area is 135 Å². The van der Waals surface area contributed by atoms with Crippen molar-refractivity contribution in [3.63, 3.8) is 0 Å². The number of anilines is 1. The van der Waals surface area contributed by atoms with Gasteiger partial charge in [-0.3, -0.25) is 9.52 Å². The number of Topliss-reactive ketones (excluding diaryl/α,β-unsaturated/α-hetero) is 1. The van der Waals surface area contributed by atoms with E-state index in [0.29, 0.717) is 24.1 Å². The molecule has 2 aromatic rings. The molecule has 6 heteroatoms. The summed E-state index contributed by atoms with van der Waals surface area (Å²) in [5.74, 6) is -0.596. The molecule has 23 heavy (non-hydrogen) atoms. The Morgan fingerprint density at radius 1 is 1.09 bits per heavy atom. The maximum absolute atomic E-state index is 12.3. The van der Waals surface area contributed by atoms with Crippen molar-refractivity contribution < 1.29 is 18.3 Å². The third-order valence-corrected chi connectivity index (χ3v) is 5.39. The first-order chi connectivity index (χ1) is 11.0. The second-order valence-electron chi connectivity index (χ2n) is 5.58. The third kappa shape index (κ3) is 3.22. The second kappa shape index (κ2) is 6.04. The number of ketones is 1. The molecule has 1 aliphatic rings. The Morgan fingerprint density at radius 3 is 2.48 bits per heavy atom. The number of carbonyl (C=O) groups excluding carboxylic acids is 1. The van der Waals surface area contributed by atoms with Crippen molar-refractivity contribution in [2.45, 2.75) is 30.1 Å². The first-order valence-electron chi connectivity index (χ1n) is 7.39. The van der Waals surface area contributed by atoms with Gasteiger partial charge in [0.15, 0.2) is 0 Å². The van der Waals surface area contributed by atoms with Crippen LogP contribution in [-0.2, 0) is 14.8 Å². The van der Waals surface area contributed by atoms with Crippen LogP contribution in [0.2, 0.25) is 0 Å². The minimum atomic E-state index is -3.72. The third-order valence-electron chi connectivity index (χ3n) is 4.00. The number of sulfonamides is 1. The van der Waals surface area contributed by atoms with Gasteiger partial charge in [0, 0.05) is 18.0 Å². The van der Waals surface area contributed by atoms with Gasteiger partial charge in [0.25, 0.3) is 10.0 Å². The van der Waals surface area contributed by atoms with Gasteiger partial charge in [0.05, 0.1) is 4.90 Å². The summed E-state index contributed by atoms with van der Waals surface area (Å²) in [5.41, 5.74) is 0.670. The van der Waals surface area contributed by atoms with E-state index in [1.54, 1.807) is 18.2 Å². The van der Waals surface area contributed by atoms with Crippen LogP contribution in [0.4, 0.5) is 5.69 Å². The van der Waals surface area contributed by atoms with Crippen LogP contribution in [0, 0.1) is 0 Å². The van der Waals surface area contributed by atoms with Gasteiger partial charge >= 0.3 is 0 Å². The SMILES string of the molecule is O=C1CCCC1c1cc(NS(=O)(=O)c2ccccc2)ccc1[O-]. The zero-order chi connectivity index (χ0) is 16.4. The van der Waals surface area contributed by atoms with Gasteiger partial charge in [-0.1, -0.05) is 24.3 Å². The Kier molecular flexibility index (Phi) is 4.09. The van der Waals surface area contributed by atoms with Gasteiger partial charge in [0.1, 0.15) is 5.78 Å². The van der Waals surface area contributed by atoms with Crippen molar-refractivity contribution in [3.05, 3.63) is 54.1 Å². The lowest BCUT2D eigenvalue weighted by molar-refractivity contribution is -0.269. The first-order valence-corrected chi connectivity index (χ1v) is 8.87. The largest absolute Gasteiger partial charge is 0.872 e. The maximum Gasteiger partial charge on any atom is 0.261 e. The molecule has 0 saturated heterocycles. The van der Waals surface area contributed by atoms with Crippen LogP contribution in [0.1, 0.15) is 30.7 Å². The van der Waals surface area contributed by atoms with Crippen LogP contribution < -0.4 is 9.83 Å². The molecule has 3 rings (SSSR count). The smallest absolute Gasteiger partial charge is 0.261 e. The van der Waals surface area contributed by atoms with E-state index < -0.39 is 15.9 Å². The molecule has 1 N–H and O–H groups in total. The maximum atomic E-state index is 12.3. The lowest BCUT2D eigenvalue weighted by Crippen LogP contribution is -2.14. The lowest BCUT2D eigenvalue weighted by Gasteiger charge is -2.19. The first kappa shape index (κ1) is 15.6. The van der Waals surface area contributed by atoms with Gasteiger partial charge < -0.3 is 5.11 Å². The predicted molar refractivity (Wildman–Crippen MR) is 84.7 cm³/mol. The lowest BCUT2D eigenvalue weighted by atomic mass is 9.95. The fourth-order valence-corrected chi connectivity index (χ4v) is 3.91.